The number of hydrogen-bond acceptors (Lipinski definition) is 3. The van der Waals surface area contributed by atoms with Crippen LogP contribution in [0.15, 0.2) is 18.3 Å². The molecule has 0 amide bonds. The molecule has 20 heavy (non-hydrogen) atoms. The molecule has 3 heteroatoms. The highest BCUT2D eigenvalue weighted by Gasteiger charge is 2.38. The Morgan fingerprint density at radius 3 is 2.45 bits per heavy atom. The number of hydrogen-bond donors (Lipinski definition) is 1. The van der Waals surface area contributed by atoms with Gasteiger partial charge in [0, 0.05) is 25.4 Å². The van der Waals surface area contributed by atoms with Crippen LogP contribution in [0.25, 0.3) is 0 Å². The molecule has 1 N–H and O–H groups in total. The molecular formula is C17H27NO2. The lowest BCUT2D eigenvalue weighted by molar-refractivity contribution is -0.111. The lowest BCUT2D eigenvalue weighted by Crippen LogP contribution is -2.45. The van der Waals surface area contributed by atoms with Crippen LogP contribution in [0.4, 0.5) is 0 Å². The molecule has 1 unspecified atom stereocenters. The van der Waals surface area contributed by atoms with Crippen LogP contribution in [0.2, 0.25) is 0 Å². The van der Waals surface area contributed by atoms with E-state index in [0.29, 0.717) is 6.42 Å². The van der Waals surface area contributed by atoms with E-state index in [1.807, 2.05) is 12.3 Å². The Morgan fingerprint density at radius 1 is 1.25 bits per heavy atom. The largest absolute Gasteiger partial charge is 0.390 e. The van der Waals surface area contributed by atoms with Crippen LogP contribution in [0.1, 0.15) is 56.7 Å². The van der Waals surface area contributed by atoms with Crippen LogP contribution in [0.5, 0.6) is 0 Å². The lowest BCUT2D eigenvalue weighted by atomic mass is 9.85. The van der Waals surface area contributed by atoms with Gasteiger partial charge in [0.25, 0.3) is 0 Å². The van der Waals surface area contributed by atoms with Gasteiger partial charge in [-0.3, -0.25) is 4.98 Å². The Labute approximate surface area is 122 Å². The topological polar surface area (TPSA) is 42.4 Å². The zero-order valence-corrected chi connectivity index (χ0v) is 12.8. The third-order valence-corrected chi connectivity index (χ3v) is 4.66. The maximum atomic E-state index is 10.7. The molecule has 0 radical (unpaired) electrons. The maximum Gasteiger partial charge on any atom is 0.0940 e. The molecule has 1 fully saturated rings. The number of rotatable bonds is 5. The van der Waals surface area contributed by atoms with Crippen molar-refractivity contribution in [2.45, 2.75) is 70.0 Å². The molecule has 1 aliphatic rings. The van der Waals surface area contributed by atoms with Crippen molar-refractivity contribution < 1.29 is 9.84 Å². The molecule has 1 heterocycles. The number of ether oxygens (including phenoxy) is 1. The number of aliphatic hydroxyl groups is 1. The number of aromatic nitrogens is 1. The molecular weight excluding hydrogens is 250 g/mol. The van der Waals surface area contributed by atoms with Gasteiger partial charge in [-0.1, -0.05) is 38.7 Å². The first kappa shape index (κ1) is 15.5. The number of nitrogens with zero attached hydrogens (tertiary/aromatic N) is 1. The van der Waals surface area contributed by atoms with E-state index < -0.39 is 6.10 Å². The molecule has 0 spiro atoms. The second-order valence-electron chi connectivity index (χ2n) is 5.91. The average molecular weight is 277 g/mol. The summed E-state index contributed by atoms with van der Waals surface area (Å²) in [6.07, 6.45) is 9.73. The summed E-state index contributed by atoms with van der Waals surface area (Å²) in [7, 11) is 1.74. The smallest absolute Gasteiger partial charge is 0.0940 e. The normalized spacial score (nSPS) is 20.4. The zero-order valence-electron chi connectivity index (χ0n) is 12.8. The van der Waals surface area contributed by atoms with Gasteiger partial charge in [-0.05, 0) is 30.9 Å². The van der Waals surface area contributed by atoms with Crippen LogP contribution >= 0.6 is 0 Å². The molecule has 1 aliphatic carbocycles. The molecule has 0 aromatic carbocycles. The Hall–Kier alpha value is -0.930. The Balaban J connectivity index is 2.05. The van der Waals surface area contributed by atoms with Crippen LogP contribution in [0, 0.1) is 0 Å². The minimum Gasteiger partial charge on any atom is -0.390 e. The highest BCUT2D eigenvalue weighted by molar-refractivity contribution is 5.15. The minimum atomic E-state index is -0.467. The number of methoxy groups -OCH3 is 1. The fraction of sp³-hybridized carbons (Fsp3) is 0.706. The highest BCUT2D eigenvalue weighted by Crippen LogP contribution is 2.34. The summed E-state index contributed by atoms with van der Waals surface area (Å²) < 4.78 is 5.76. The molecule has 3 nitrogen and oxygen atoms in total. The maximum absolute atomic E-state index is 10.7. The molecule has 1 saturated carbocycles. The van der Waals surface area contributed by atoms with Crippen molar-refractivity contribution in [3.63, 3.8) is 0 Å². The van der Waals surface area contributed by atoms with Crippen LogP contribution in [-0.2, 0) is 17.6 Å². The van der Waals surface area contributed by atoms with Gasteiger partial charge in [0.1, 0.15) is 0 Å². The number of aliphatic hydroxyl groups excluding tert-OH is 1. The molecule has 1 aromatic rings. The third-order valence-electron chi connectivity index (χ3n) is 4.66. The second kappa shape index (κ2) is 7.19. The van der Waals surface area contributed by atoms with Gasteiger partial charge in [0.15, 0.2) is 0 Å². The van der Waals surface area contributed by atoms with Gasteiger partial charge in [0.05, 0.1) is 11.7 Å². The highest BCUT2D eigenvalue weighted by atomic mass is 16.5. The fourth-order valence-electron chi connectivity index (χ4n) is 3.17. The average Bonchev–Trinajstić information content (AvgIpc) is 2.74. The van der Waals surface area contributed by atoms with Gasteiger partial charge in [-0.2, -0.15) is 0 Å². The predicted molar refractivity (Wildman–Crippen MR) is 80.8 cm³/mol. The molecule has 1 aromatic heterocycles. The van der Waals surface area contributed by atoms with E-state index in [0.717, 1.165) is 37.8 Å². The van der Waals surface area contributed by atoms with Crippen LogP contribution < -0.4 is 0 Å². The summed E-state index contributed by atoms with van der Waals surface area (Å²) >= 11 is 0. The van der Waals surface area contributed by atoms with E-state index in [2.05, 4.69) is 18.0 Å². The first-order valence-corrected chi connectivity index (χ1v) is 7.87. The second-order valence-corrected chi connectivity index (χ2v) is 5.91. The zero-order chi connectivity index (χ0) is 14.4. The van der Waals surface area contributed by atoms with Crippen LogP contribution in [0.3, 0.4) is 0 Å². The lowest BCUT2D eigenvalue weighted by Gasteiger charge is -2.36. The monoisotopic (exact) mass is 277 g/mol. The van der Waals surface area contributed by atoms with Crippen LogP contribution in [-0.4, -0.2) is 28.9 Å². The predicted octanol–water partition coefficient (Wildman–Crippen LogP) is 3.29. The summed E-state index contributed by atoms with van der Waals surface area (Å²) in [5.74, 6) is 0. The fourth-order valence-corrected chi connectivity index (χ4v) is 3.17. The summed E-state index contributed by atoms with van der Waals surface area (Å²) in [4.78, 5) is 4.46. The van der Waals surface area contributed by atoms with E-state index >= 15 is 0 Å². The standard InChI is InChI=1S/C17H27NO2/c1-3-14-8-9-15(18-13-14)12-16(19)17(20-2)10-6-4-5-7-11-17/h8-9,13,16,19H,3-7,10-12H2,1-2H3. The first-order valence-electron chi connectivity index (χ1n) is 7.87. The Morgan fingerprint density at radius 2 is 1.95 bits per heavy atom. The van der Waals surface area contributed by atoms with Gasteiger partial charge >= 0.3 is 0 Å². The van der Waals surface area contributed by atoms with Gasteiger partial charge in [0.2, 0.25) is 0 Å². The van der Waals surface area contributed by atoms with Crippen molar-refractivity contribution in [3.05, 3.63) is 29.6 Å². The molecule has 2 rings (SSSR count). The Kier molecular flexibility index (Phi) is 5.55. The van der Waals surface area contributed by atoms with Crippen molar-refractivity contribution in [1.29, 1.82) is 0 Å². The van der Waals surface area contributed by atoms with Crippen molar-refractivity contribution in [2.24, 2.45) is 0 Å². The molecule has 0 aliphatic heterocycles. The van der Waals surface area contributed by atoms with Gasteiger partial charge in [-0.25, -0.2) is 0 Å². The van der Waals surface area contributed by atoms with Crippen molar-refractivity contribution in [3.8, 4) is 0 Å². The van der Waals surface area contributed by atoms with Crippen molar-refractivity contribution in [1.82, 2.24) is 4.98 Å². The first-order chi connectivity index (χ1) is 9.70. The summed E-state index contributed by atoms with van der Waals surface area (Å²) in [5.41, 5.74) is 1.82. The summed E-state index contributed by atoms with van der Waals surface area (Å²) in [5, 5.41) is 10.7. The number of aryl methyl sites for hydroxylation is 1. The van der Waals surface area contributed by atoms with E-state index in [-0.39, 0.29) is 5.60 Å². The van der Waals surface area contributed by atoms with Gasteiger partial charge in [-0.15, -0.1) is 0 Å². The molecule has 0 bridgehead atoms. The van der Waals surface area contributed by atoms with E-state index in [4.69, 9.17) is 4.74 Å². The van der Waals surface area contributed by atoms with E-state index in [9.17, 15) is 5.11 Å². The third kappa shape index (κ3) is 3.58. The molecule has 0 saturated heterocycles. The SMILES string of the molecule is CCc1ccc(CC(O)C2(OC)CCCCCC2)nc1. The molecule has 1 atom stereocenters. The summed E-state index contributed by atoms with van der Waals surface area (Å²) in [6.45, 7) is 2.12. The van der Waals surface area contributed by atoms with E-state index in [1.165, 1.54) is 18.4 Å². The summed E-state index contributed by atoms with van der Waals surface area (Å²) in [6, 6.07) is 4.13. The number of pyridine rings is 1. The van der Waals surface area contributed by atoms with Crippen molar-refractivity contribution >= 4 is 0 Å². The van der Waals surface area contributed by atoms with E-state index in [1.54, 1.807) is 7.11 Å². The van der Waals surface area contributed by atoms with Gasteiger partial charge < -0.3 is 9.84 Å². The Bertz CT molecular complexity index is 394. The molecule has 112 valence electrons. The van der Waals surface area contributed by atoms with Crippen molar-refractivity contribution in [2.75, 3.05) is 7.11 Å². The quantitative estimate of drug-likeness (QED) is 0.840. The minimum absolute atomic E-state index is 0.373.